The van der Waals surface area contributed by atoms with Crippen molar-refractivity contribution in [3.8, 4) is 0 Å². The molecule has 108 valence electrons. The van der Waals surface area contributed by atoms with Crippen molar-refractivity contribution in [2.45, 2.75) is 32.6 Å². The minimum atomic E-state index is 0.130. The van der Waals surface area contributed by atoms with Crippen molar-refractivity contribution in [2.24, 2.45) is 5.92 Å². The Labute approximate surface area is 120 Å². The molecule has 0 bridgehead atoms. The molecule has 2 aliphatic rings. The molecule has 3 heterocycles. The van der Waals surface area contributed by atoms with Crippen LogP contribution in [0.15, 0.2) is 12.1 Å². The second-order valence-electron chi connectivity index (χ2n) is 5.85. The van der Waals surface area contributed by atoms with E-state index >= 15 is 0 Å². The molecule has 5 nitrogen and oxygen atoms in total. The van der Waals surface area contributed by atoms with Gasteiger partial charge in [0.25, 0.3) is 0 Å². The molecule has 0 spiro atoms. The van der Waals surface area contributed by atoms with Gasteiger partial charge in [0, 0.05) is 26.2 Å². The Balaban J connectivity index is 1.66. The number of piperidine rings is 1. The smallest absolute Gasteiger partial charge is 0.227 e. The van der Waals surface area contributed by atoms with Gasteiger partial charge in [0.05, 0.1) is 11.6 Å². The number of carbonyl (C=O) groups excluding carboxylic acids is 1. The van der Waals surface area contributed by atoms with Crippen LogP contribution in [0.5, 0.6) is 0 Å². The maximum absolute atomic E-state index is 12.5. The molecule has 2 saturated heterocycles. The fourth-order valence-corrected chi connectivity index (χ4v) is 3.14. The van der Waals surface area contributed by atoms with Gasteiger partial charge in [-0.15, -0.1) is 5.10 Å². The van der Waals surface area contributed by atoms with Gasteiger partial charge >= 0.3 is 0 Å². The molecule has 5 heteroatoms. The first-order chi connectivity index (χ1) is 9.74. The van der Waals surface area contributed by atoms with E-state index in [1.54, 1.807) is 0 Å². The predicted molar refractivity (Wildman–Crippen MR) is 77.5 cm³/mol. The normalized spacial score (nSPS) is 23.1. The summed E-state index contributed by atoms with van der Waals surface area (Å²) in [5.74, 6) is 1.37. The van der Waals surface area contributed by atoms with Crippen molar-refractivity contribution in [3.05, 3.63) is 17.8 Å². The van der Waals surface area contributed by atoms with Gasteiger partial charge in [0.2, 0.25) is 5.91 Å². The highest BCUT2D eigenvalue weighted by molar-refractivity contribution is 5.80. The molecule has 2 aliphatic heterocycles. The van der Waals surface area contributed by atoms with Crippen LogP contribution < -0.4 is 4.90 Å². The molecule has 2 fully saturated rings. The summed E-state index contributed by atoms with van der Waals surface area (Å²) in [4.78, 5) is 16.7. The third-order valence-electron chi connectivity index (χ3n) is 4.30. The van der Waals surface area contributed by atoms with Crippen LogP contribution in [-0.2, 0) is 4.79 Å². The molecule has 3 rings (SSSR count). The fourth-order valence-electron chi connectivity index (χ4n) is 3.14. The van der Waals surface area contributed by atoms with Crippen LogP contribution in [0, 0.1) is 12.8 Å². The zero-order valence-electron chi connectivity index (χ0n) is 12.1. The Morgan fingerprint density at radius 2 is 1.95 bits per heavy atom. The van der Waals surface area contributed by atoms with E-state index in [0.717, 1.165) is 63.4 Å². The van der Waals surface area contributed by atoms with Crippen molar-refractivity contribution in [1.29, 1.82) is 0 Å². The van der Waals surface area contributed by atoms with Gasteiger partial charge in [-0.3, -0.25) is 4.79 Å². The lowest BCUT2D eigenvalue weighted by Gasteiger charge is -2.34. The van der Waals surface area contributed by atoms with Crippen LogP contribution in [0.1, 0.15) is 31.4 Å². The fraction of sp³-hybridized carbons (Fsp3) is 0.667. The quantitative estimate of drug-likeness (QED) is 0.822. The Hall–Kier alpha value is -1.65. The number of hydrogen-bond donors (Lipinski definition) is 0. The van der Waals surface area contributed by atoms with Gasteiger partial charge in [-0.05, 0) is 44.7 Å². The van der Waals surface area contributed by atoms with Crippen LogP contribution in [0.2, 0.25) is 0 Å². The lowest BCUT2D eigenvalue weighted by atomic mass is 9.96. The van der Waals surface area contributed by atoms with E-state index in [0.29, 0.717) is 5.91 Å². The summed E-state index contributed by atoms with van der Waals surface area (Å²) in [5, 5.41) is 8.36. The first kappa shape index (κ1) is 13.3. The SMILES string of the molecule is Cc1ccc(N2CCC[C@@H](C(=O)N3CCCC3)C2)nn1. The van der Waals surface area contributed by atoms with Gasteiger partial charge in [-0.2, -0.15) is 5.10 Å². The minimum Gasteiger partial charge on any atom is -0.354 e. The Morgan fingerprint density at radius 1 is 1.15 bits per heavy atom. The molecule has 0 N–H and O–H groups in total. The lowest BCUT2D eigenvalue weighted by Crippen LogP contribution is -2.44. The Morgan fingerprint density at radius 3 is 2.65 bits per heavy atom. The molecule has 1 aromatic rings. The average molecular weight is 274 g/mol. The van der Waals surface area contributed by atoms with Gasteiger partial charge in [0.15, 0.2) is 5.82 Å². The van der Waals surface area contributed by atoms with Gasteiger partial charge < -0.3 is 9.80 Å². The second kappa shape index (κ2) is 5.77. The number of carbonyl (C=O) groups is 1. The first-order valence-corrected chi connectivity index (χ1v) is 7.58. The summed E-state index contributed by atoms with van der Waals surface area (Å²) in [7, 11) is 0. The molecule has 0 saturated carbocycles. The van der Waals surface area contributed by atoms with Crippen LogP contribution in [0.4, 0.5) is 5.82 Å². The molecule has 0 unspecified atom stereocenters. The Kier molecular flexibility index (Phi) is 3.85. The number of likely N-dealkylation sites (tertiary alicyclic amines) is 1. The number of amides is 1. The van der Waals surface area contributed by atoms with Gasteiger partial charge in [-0.25, -0.2) is 0 Å². The molecule has 1 atom stereocenters. The third kappa shape index (κ3) is 2.76. The van der Waals surface area contributed by atoms with E-state index in [1.807, 2.05) is 24.0 Å². The van der Waals surface area contributed by atoms with Gasteiger partial charge in [-0.1, -0.05) is 0 Å². The minimum absolute atomic E-state index is 0.130. The highest BCUT2D eigenvalue weighted by Crippen LogP contribution is 2.24. The molecule has 0 aliphatic carbocycles. The zero-order valence-corrected chi connectivity index (χ0v) is 12.1. The summed E-state index contributed by atoms with van der Waals surface area (Å²) in [6.07, 6.45) is 4.38. The van der Waals surface area contributed by atoms with Crippen molar-refractivity contribution >= 4 is 11.7 Å². The topological polar surface area (TPSA) is 49.3 Å². The second-order valence-corrected chi connectivity index (χ2v) is 5.85. The van der Waals surface area contributed by atoms with Crippen molar-refractivity contribution in [3.63, 3.8) is 0 Å². The summed E-state index contributed by atoms with van der Waals surface area (Å²) < 4.78 is 0. The van der Waals surface area contributed by atoms with Crippen molar-refractivity contribution < 1.29 is 4.79 Å². The summed E-state index contributed by atoms with van der Waals surface area (Å²) >= 11 is 0. The molecular weight excluding hydrogens is 252 g/mol. The number of aryl methyl sites for hydroxylation is 1. The van der Waals surface area contributed by atoms with E-state index in [-0.39, 0.29) is 5.92 Å². The monoisotopic (exact) mass is 274 g/mol. The number of nitrogens with zero attached hydrogens (tertiary/aromatic N) is 4. The highest BCUT2D eigenvalue weighted by atomic mass is 16.2. The van der Waals surface area contributed by atoms with E-state index in [1.165, 1.54) is 0 Å². The Bertz CT molecular complexity index is 467. The molecule has 20 heavy (non-hydrogen) atoms. The van der Waals surface area contributed by atoms with Crippen LogP contribution in [-0.4, -0.2) is 47.2 Å². The number of rotatable bonds is 2. The van der Waals surface area contributed by atoms with E-state index in [2.05, 4.69) is 15.1 Å². The zero-order chi connectivity index (χ0) is 13.9. The summed E-state index contributed by atoms with van der Waals surface area (Å²) in [5.41, 5.74) is 0.926. The molecule has 1 aromatic heterocycles. The molecule has 0 aromatic carbocycles. The maximum atomic E-state index is 12.5. The molecule has 0 radical (unpaired) electrons. The van der Waals surface area contributed by atoms with Gasteiger partial charge in [0.1, 0.15) is 0 Å². The number of anilines is 1. The van der Waals surface area contributed by atoms with Crippen molar-refractivity contribution in [2.75, 3.05) is 31.1 Å². The van der Waals surface area contributed by atoms with Crippen LogP contribution in [0.3, 0.4) is 0 Å². The highest BCUT2D eigenvalue weighted by Gasteiger charge is 2.30. The van der Waals surface area contributed by atoms with Crippen molar-refractivity contribution in [1.82, 2.24) is 15.1 Å². The van der Waals surface area contributed by atoms with Crippen LogP contribution >= 0.6 is 0 Å². The maximum Gasteiger partial charge on any atom is 0.227 e. The van der Waals surface area contributed by atoms with E-state index in [9.17, 15) is 4.79 Å². The number of hydrogen-bond acceptors (Lipinski definition) is 4. The van der Waals surface area contributed by atoms with E-state index < -0.39 is 0 Å². The summed E-state index contributed by atoms with van der Waals surface area (Å²) in [6.45, 7) is 5.58. The molecular formula is C15H22N4O. The standard InChI is InChI=1S/C15H22N4O/c1-12-6-7-14(17-16-12)19-10-4-5-13(11-19)15(20)18-8-2-3-9-18/h6-7,13H,2-5,8-11H2,1H3/t13-/m1/s1. The predicted octanol–water partition coefficient (Wildman–Crippen LogP) is 1.62. The lowest BCUT2D eigenvalue weighted by molar-refractivity contribution is -0.134. The summed E-state index contributed by atoms with van der Waals surface area (Å²) in [6, 6.07) is 3.99. The largest absolute Gasteiger partial charge is 0.354 e. The first-order valence-electron chi connectivity index (χ1n) is 7.58. The van der Waals surface area contributed by atoms with Crippen LogP contribution in [0.25, 0.3) is 0 Å². The third-order valence-corrected chi connectivity index (χ3v) is 4.30. The molecule has 1 amide bonds. The average Bonchev–Trinajstić information content (AvgIpc) is 3.01. The number of aromatic nitrogens is 2. The van der Waals surface area contributed by atoms with E-state index in [4.69, 9.17) is 0 Å².